The molecule has 0 unspecified atom stereocenters. The molecule has 3 heterocycles. The molecule has 1 saturated heterocycles. The van der Waals surface area contributed by atoms with Crippen molar-refractivity contribution in [2.75, 3.05) is 18.3 Å². The van der Waals surface area contributed by atoms with Gasteiger partial charge >= 0.3 is 11.9 Å². The highest BCUT2D eigenvalue weighted by Gasteiger charge is 2.53. The summed E-state index contributed by atoms with van der Waals surface area (Å²) in [5.74, 6) is -1.64. The third-order valence-corrected chi connectivity index (χ3v) is 6.73. The molecule has 0 bridgehead atoms. The molecule has 1 fully saturated rings. The number of hydrogen-bond acceptors (Lipinski definition) is 10. The molecule has 3 rings (SSSR count). The Labute approximate surface area is 205 Å². The second-order valence-electron chi connectivity index (χ2n) is 9.10. The van der Waals surface area contributed by atoms with Gasteiger partial charge in [0.25, 0.3) is 11.8 Å². The third kappa shape index (κ3) is 5.61. The van der Waals surface area contributed by atoms with Crippen molar-refractivity contribution < 1.29 is 28.7 Å². The van der Waals surface area contributed by atoms with E-state index in [0.717, 1.165) is 0 Å². The Morgan fingerprint density at radius 3 is 2.62 bits per heavy atom. The molecular weight excluding hydrogens is 480 g/mol. The number of ether oxygens (including phenoxy) is 2. The van der Waals surface area contributed by atoms with Gasteiger partial charge in [-0.1, -0.05) is 19.9 Å². The summed E-state index contributed by atoms with van der Waals surface area (Å²) in [6.45, 7) is 8.35. The van der Waals surface area contributed by atoms with Crippen molar-refractivity contribution in [2.24, 2.45) is 11.3 Å². The van der Waals surface area contributed by atoms with Crippen LogP contribution in [0, 0.1) is 11.3 Å². The average molecular weight is 509 g/mol. The van der Waals surface area contributed by atoms with Gasteiger partial charge in [0.15, 0.2) is 5.13 Å². The minimum absolute atomic E-state index is 0.0660. The topological polar surface area (TPSA) is 141 Å². The average Bonchev–Trinajstić information content (AvgIpc) is 3.19. The van der Waals surface area contributed by atoms with E-state index in [1.54, 1.807) is 38.3 Å². The van der Waals surface area contributed by atoms with Gasteiger partial charge < -0.3 is 20.5 Å². The number of aromatic nitrogens is 1. The zero-order valence-electron chi connectivity index (χ0n) is 19.6. The van der Waals surface area contributed by atoms with Gasteiger partial charge in [0, 0.05) is 11.1 Å². The summed E-state index contributed by atoms with van der Waals surface area (Å²) < 4.78 is 9.99. The lowest BCUT2D eigenvalue weighted by Crippen LogP contribution is -2.70. The number of allylic oxidation sites excluding steroid dienone is 1. The van der Waals surface area contributed by atoms with Crippen molar-refractivity contribution in [3.05, 3.63) is 28.9 Å². The first-order chi connectivity index (χ1) is 15.9. The van der Waals surface area contributed by atoms with Gasteiger partial charge in [0.1, 0.15) is 17.1 Å². The van der Waals surface area contributed by atoms with Crippen molar-refractivity contribution in [1.82, 2.24) is 15.2 Å². The van der Waals surface area contributed by atoms with Crippen LogP contribution in [0.5, 0.6) is 0 Å². The van der Waals surface area contributed by atoms with E-state index in [1.807, 2.05) is 13.8 Å². The molecule has 12 heteroatoms. The number of β-lactam (4-membered cyclic amide) rings is 1. The zero-order chi connectivity index (χ0) is 25.2. The Kier molecular flexibility index (Phi) is 7.71. The van der Waals surface area contributed by atoms with Gasteiger partial charge in [-0.3, -0.25) is 19.3 Å². The van der Waals surface area contributed by atoms with Crippen LogP contribution in [0.1, 0.15) is 40.3 Å². The fourth-order valence-corrected chi connectivity index (χ4v) is 4.96. The number of nitrogens with one attached hydrogen (secondary N) is 1. The molecule has 2 atom stereocenters. The molecule has 2 amide bonds. The van der Waals surface area contributed by atoms with E-state index in [2.05, 4.69) is 10.3 Å². The lowest BCUT2D eigenvalue weighted by atomic mass is 9.98. The van der Waals surface area contributed by atoms with E-state index >= 15 is 0 Å². The normalized spacial score (nSPS) is 20.3. The summed E-state index contributed by atoms with van der Waals surface area (Å²) in [5, 5.41) is 4.34. The van der Waals surface area contributed by atoms with Crippen LogP contribution in [-0.4, -0.2) is 57.6 Å². The number of esters is 2. The maximum atomic E-state index is 13.0. The Morgan fingerprint density at radius 2 is 2.03 bits per heavy atom. The van der Waals surface area contributed by atoms with E-state index in [9.17, 15) is 19.2 Å². The number of anilines is 1. The number of fused-ring (bicyclic) bond motifs is 1. The number of nitrogens with two attached hydrogens (primary N) is 1. The Balaban J connectivity index is 1.64. The summed E-state index contributed by atoms with van der Waals surface area (Å²) in [6, 6.07) is -0.806. The third-order valence-electron chi connectivity index (χ3n) is 4.88. The highest BCUT2D eigenvalue weighted by molar-refractivity contribution is 8.00. The van der Waals surface area contributed by atoms with Crippen LogP contribution in [0.3, 0.4) is 0 Å². The minimum Gasteiger partial charge on any atom is -0.427 e. The summed E-state index contributed by atoms with van der Waals surface area (Å²) in [7, 11) is 0. The fraction of sp³-hybridized carbons (Fsp3) is 0.500. The molecule has 0 spiro atoms. The number of thioether (sulfide) groups is 1. The van der Waals surface area contributed by atoms with Crippen molar-refractivity contribution in [3.8, 4) is 0 Å². The molecule has 0 saturated carbocycles. The van der Waals surface area contributed by atoms with Crippen molar-refractivity contribution in [1.29, 1.82) is 0 Å². The maximum Gasteiger partial charge on any atom is 0.357 e. The molecule has 34 heavy (non-hydrogen) atoms. The summed E-state index contributed by atoms with van der Waals surface area (Å²) in [5.41, 5.74) is 5.84. The number of thiazole rings is 1. The van der Waals surface area contributed by atoms with Crippen molar-refractivity contribution in [2.45, 2.75) is 46.0 Å². The van der Waals surface area contributed by atoms with Crippen LogP contribution in [-0.2, 0) is 28.7 Å². The van der Waals surface area contributed by atoms with Crippen molar-refractivity contribution >= 4 is 57.6 Å². The van der Waals surface area contributed by atoms with E-state index in [-0.39, 0.29) is 11.6 Å². The fourth-order valence-electron chi connectivity index (χ4n) is 3.20. The largest absolute Gasteiger partial charge is 0.427 e. The maximum absolute atomic E-state index is 13.0. The van der Waals surface area contributed by atoms with Crippen LogP contribution in [0.2, 0.25) is 0 Å². The van der Waals surface area contributed by atoms with Gasteiger partial charge in [-0.15, -0.1) is 23.1 Å². The standard InChI is InChI=1S/C22H28N4O6S2/c1-11(2)8-12(13-9-34-21(23)24-13)16(27)25-15-17(28)26-14(6-7-33-18(15)26)19(29)31-10-32-20(30)22(3,4)5/h6,8-9,11,15,18H,7,10H2,1-5H3,(H2,23,24)(H,25,27)/t15-,18+/m1/s1. The van der Waals surface area contributed by atoms with Gasteiger partial charge in [-0.25, -0.2) is 9.78 Å². The van der Waals surface area contributed by atoms with E-state index < -0.39 is 47.4 Å². The van der Waals surface area contributed by atoms with Crippen LogP contribution in [0.4, 0.5) is 5.13 Å². The summed E-state index contributed by atoms with van der Waals surface area (Å²) in [4.78, 5) is 55.7. The van der Waals surface area contributed by atoms with Crippen LogP contribution < -0.4 is 11.1 Å². The molecule has 2 aliphatic heterocycles. The Hall–Kier alpha value is -2.86. The predicted molar refractivity (Wildman–Crippen MR) is 129 cm³/mol. The van der Waals surface area contributed by atoms with E-state index in [0.29, 0.717) is 22.2 Å². The molecule has 1 aromatic heterocycles. The van der Waals surface area contributed by atoms with Crippen LogP contribution in [0.25, 0.3) is 5.57 Å². The lowest BCUT2D eigenvalue weighted by molar-refractivity contribution is -0.173. The van der Waals surface area contributed by atoms with Crippen molar-refractivity contribution in [3.63, 3.8) is 0 Å². The summed E-state index contributed by atoms with van der Waals surface area (Å²) in [6.07, 6.45) is 3.34. The predicted octanol–water partition coefficient (Wildman–Crippen LogP) is 2.14. The second-order valence-corrected chi connectivity index (χ2v) is 11.1. The van der Waals surface area contributed by atoms with E-state index in [1.165, 1.54) is 28.0 Å². The van der Waals surface area contributed by atoms with Gasteiger partial charge in [0.05, 0.1) is 16.7 Å². The number of carbonyl (C=O) groups is 4. The number of carbonyl (C=O) groups excluding carboxylic acids is 4. The number of rotatable bonds is 7. The molecule has 3 N–H and O–H groups in total. The number of nitrogens with zero attached hydrogens (tertiary/aromatic N) is 2. The minimum atomic E-state index is -0.806. The highest BCUT2D eigenvalue weighted by Crippen LogP contribution is 2.38. The van der Waals surface area contributed by atoms with E-state index in [4.69, 9.17) is 15.2 Å². The molecular formula is C22H28N4O6S2. The molecule has 184 valence electrons. The first-order valence-electron chi connectivity index (χ1n) is 10.6. The quantitative estimate of drug-likeness (QED) is 0.245. The Bertz CT molecular complexity index is 1060. The van der Waals surface area contributed by atoms with Gasteiger partial charge in [-0.05, 0) is 32.8 Å². The van der Waals surface area contributed by atoms with Crippen LogP contribution >= 0.6 is 23.1 Å². The summed E-state index contributed by atoms with van der Waals surface area (Å²) >= 11 is 2.64. The molecule has 2 aliphatic rings. The van der Waals surface area contributed by atoms with Crippen LogP contribution in [0.15, 0.2) is 23.2 Å². The zero-order valence-corrected chi connectivity index (χ0v) is 21.2. The number of hydrogen-bond donors (Lipinski definition) is 2. The monoisotopic (exact) mass is 508 g/mol. The van der Waals surface area contributed by atoms with Gasteiger partial charge in [-0.2, -0.15) is 0 Å². The van der Waals surface area contributed by atoms with Gasteiger partial charge in [0.2, 0.25) is 6.79 Å². The first kappa shape index (κ1) is 25.8. The first-order valence-corrected chi connectivity index (χ1v) is 12.6. The molecule has 1 aromatic rings. The highest BCUT2D eigenvalue weighted by atomic mass is 32.2. The smallest absolute Gasteiger partial charge is 0.357 e. The second kappa shape index (κ2) is 10.2. The lowest BCUT2D eigenvalue weighted by Gasteiger charge is -2.48. The SMILES string of the molecule is CC(C)C=C(C(=O)N[C@@H]1C(=O)N2C(C(=O)OCOC(=O)C(C)(C)C)=CCS[C@@H]12)c1csc(N)n1. The molecule has 0 aromatic carbocycles. The molecule has 10 nitrogen and oxygen atoms in total. The number of nitrogen functional groups attached to an aromatic ring is 1. The molecule has 0 aliphatic carbocycles. The Morgan fingerprint density at radius 1 is 1.32 bits per heavy atom. The number of amides is 2. The molecule has 0 radical (unpaired) electrons.